The third-order valence-electron chi connectivity index (χ3n) is 4.45. The highest BCUT2D eigenvalue weighted by molar-refractivity contribution is 6.11. The van der Waals surface area contributed by atoms with Crippen molar-refractivity contribution in [2.75, 3.05) is 26.6 Å². The molecule has 0 saturated carbocycles. The summed E-state index contributed by atoms with van der Waals surface area (Å²) in [5.41, 5.74) is 1.14. The first-order chi connectivity index (χ1) is 14.1. The number of nitrogens with zero attached hydrogens (tertiary/aromatic N) is 1. The lowest BCUT2D eigenvalue weighted by atomic mass is 10.0. The summed E-state index contributed by atoms with van der Waals surface area (Å²) in [5, 5.41) is 14.1. The van der Waals surface area contributed by atoms with E-state index in [-0.39, 0.29) is 5.57 Å². The summed E-state index contributed by atoms with van der Waals surface area (Å²) in [6.07, 6.45) is 1.53. The maximum atomic E-state index is 12.7. The van der Waals surface area contributed by atoms with Crippen molar-refractivity contribution in [3.05, 3.63) is 65.7 Å². The SMILES string of the molecule is COc1ccc(NC(=O)C(C#N)=Cc2c(OC)ccc3ccc(OC)cc23)cc1. The predicted octanol–water partition coefficient (Wildman–Crippen LogP) is 4.41. The van der Waals surface area contributed by atoms with Gasteiger partial charge in [0.05, 0.1) is 21.3 Å². The summed E-state index contributed by atoms with van der Waals surface area (Å²) in [5.74, 6) is 1.38. The van der Waals surface area contributed by atoms with Crippen molar-refractivity contribution >= 4 is 28.4 Å². The van der Waals surface area contributed by atoms with Crippen LogP contribution in [0.5, 0.6) is 17.2 Å². The fraction of sp³-hybridized carbons (Fsp3) is 0.130. The smallest absolute Gasteiger partial charge is 0.266 e. The number of methoxy groups -OCH3 is 3. The third-order valence-corrected chi connectivity index (χ3v) is 4.45. The van der Waals surface area contributed by atoms with Crippen LogP contribution in [0.25, 0.3) is 16.8 Å². The van der Waals surface area contributed by atoms with Crippen molar-refractivity contribution in [3.8, 4) is 23.3 Å². The largest absolute Gasteiger partial charge is 0.497 e. The molecule has 29 heavy (non-hydrogen) atoms. The summed E-state index contributed by atoms with van der Waals surface area (Å²) in [6, 6.07) is 18.2. The van der Waals surface area contributed by atoms with Crippen molar-refractivity contribution in [1.29, 1.82) is 5.26 Å². The molecule has 3 rings (SSSR count). The number of rotatable bonds is 6. The highest BCUT2D eigenvalue weighted by Crippen LogP contribution is 2.32. The second kappa shape index (κ2) is 8.81. The van der Waals surface area contributed by atoms with E-state index < -0.39 is 5.91 Å². The van der Waals surface area contributed by atoms with E-state index in [9.17, 15) is 10.1 Å². The summed E-state index contributed by atoms with van der Waals surface area (Å²) in [7, 11) is 4.69. The molecule has 0 atom stereocenters. The number of nitrogens with one attached hydrogen (secondary N) is 1. The molecule has 3 aromatic rings. The van der Waals surface area contributed by atoms with Crippen LogP contribution >= 0.6 is 0 Å². The van der Waals surface area contributed by atoms with Crippen LogP contribution in [0.15, 0.2) is 60.2 Å². The van der Waals surface area contributed by atoms with Gasteiger partial charge in [0.1, 0.15) is 28.9 Å². The lowest BCUT2D eigenvalue weighted by Crippen LogP contribution is -2.13. The average Bonchev–Trinajstić information content (AvgIpc) is 2.77. The minimum absolute atomic E-state index is 0.0468. The molecule has 0 aliphatic heterocycles. The highest BCUT2D eigenvalue weighted by Gasteiger charge is 2.14. The van der Waals surface area contributed by atoms with E-state index in [0.29, 0.717) is 28.5 Å². The first-order valence-electron chi connectivity index (χ1n) is 8.81. The molecule has 0 spiro atoms. The number of fused-ring (bicyclic) bond motifs is 1. The van der Waals surface area contributed by atoms with Gasteiger partial charge in [0, 0.05) is 11.3 Å². The minimum atomic E-state index is -0.514. The van der Waals surface area contributed by atoms with Crippen molar-refractivity contribution in [2.45, 2.75) is 0 Å². The van der Waals surface area contributed by atoms with Gasteiger partial charge in [0.25, 0.3) is 5.91 Å². The van der Waals surface area contributed by atoms with E-state index in [4.69, 9.17) is 14.2 Å². The van der Waals surface area contributed by atoms with E-state index in [0.717, 1.165) is 10.8 Å². The molecule has 3 aromatic carbocycles. The van der Waals surface area contributed by atoms with Gasteiger partial charge >= 0.3 is 0 Å². The maximum absolute atomic E-state index is 12.7. The second-order valence-corrected chi connectivity index (χ2v) is 6.12. The molecule has 6 heteroatoms. The predicted molar refractivity (Wildman–Crippen MR) is 112 cm³/mol. The summed E-state index contributed by atoms with van der Waals surface area (Å²) in [6.45, 7) is 0. The number of carbonyl (C=O) groups excluding carboxylic acids is 1. The first kappa shape index (κ1) is 19.8. The number of carbonyl (C=O) groups is 1. The number of ether oxygens (including phenoxy) is 3. The quantitative estimate of drug-likeness (QED) is 0.500. The lowest BCUT2D eigenvalue weighted by molar-refractivity contribution is -0.112. The van der Waals surface area contributed by atoms with Crippen molar-refractivity contribution < 1.29 is 19.0 Å². The topological polar surface area (TPSA) is 80.6 Å². The van der Waals surface area contributed by atoms with Crippen LogP contribution in [0.3, 0.4) is 0 Å². The molecule has 0 aliphatic rings. The molecule has 0 aliphatic carbocycles. The number of benzene rings is 3. The number of anilines is 1. The Morgan fingerprint density at radius 3 is 2.21 bits per heavy atom. The van der Waals surface area contributed by atoms with Crippen LogP contribution in [0.4, 0.5) is 5.69 Å². The standard InChI is InChI=1S/C23H20N2O4/c1-27-18-9-6-17(7-10-18)25-23(26)16(14-24)12-21-20-13-19(28-2)8-4-15(20)5-11-22(21)29-3/h4-13H,1-3H3,(H,25,26). The molecule has 1 amide bonds. The Bertz CT molecular complexity index is 1110. The van der Waals surface area contributed by atoms with Crippen molar-refractivity contribution in [3.63, 3.8) is 0 Å². The fourth-order valence-corrected chi connectivity index (χ4v) is 2.92. The van der Waals surface area contributed by atoms with Crippen LogP contribution in [0, 0.1) is 11.3 Å². The van der Waals surface area contributed by atoms with Gasteiger partial charge in [0.2, 0.25) is 0 Å². The Hall–Kier alpha value is -3.98. The Morgan fingerprint density at radius 1 is 0.931 bits per heavy atom. The number of hydrogen-bond donors (Lipinski definition) is 1. The first-order valence-corrected chi connectivity index (χ1v) is 8.81. The molecule has 0 heterocycles. The van der Waals surface area contributed by atoms with Crippen molar-refractivity contribution in [1.82, 2.24) is 0 Å². The lowest BCUT2D eigenvalue weighted by Gasteiger charge is -2.11. The van der Waals surface area contributed by atoms with Gasteiger partial charge in [-0.05, 0) is 59.3 Å². The van der Waals surface area contributed by atoms with E-state index in [1.807, 2.05) is 30.3 Å². The van der Waals surface area contributed by atoms with Crippen LogP contribution in [-0.4, -0.2) is 27.2 Å². The molecule has 0 radical (unpaired) electrons. The molecule has 6 nitrogen and oxygen atoms in total. The van der Waals surface area contributed by atoms with Gasteiger partial charge in [0.15, 0.2) is 0 Å². The summed E-state index contributed by atoms with van der Waals surface area (Å²) < 4.78 is 15.9. The highest BCUT2D eigenvalue weighted by atomic mass is 16.5. The zero-order chi connectivity index (χ0) is 20.8. The molecule has 146 valence electrons. The molecule has 0 saturated heterocycles. The van der Waals surface area contributed by atoms with E-state index in [1.165, 1.54) is 6.08 Å². The average molecular weight is 388 g/mol. The van der Waals surface area contributed by atoms with Crippen molar-refractivity contribution in [2.24, 2.45) is 0 Å². The van der Waals surface area contributed by atoms with Crippen LogP contribution in [0.1, 0.15) is 5.56 Å². The molecule has 0 unspecified atom stereocenters. The molecule has 1 N–H and O–H groups in total. The zero-order valence-corrected chi connectivity index (χ0v) is 16.4. The van der Waals surface area contributed by atoms with Crippen LogP contribution in [0.2, 0.25) is 0 Å². The normalized spacial score (nSPS) is 10.9. The zero-order valence-electron chi connectivity index (χ0n) is 16.4. The molecular formula is C23H20N2O4. The third kappa shape index (κ3) is 4.30. The van der Waals surface area contributed by atoms with Gasteiger partial charge in [-0.2, -0.15) is 5.26 Å². The fourth-order valence-electron chi connectivity index (χ4n) is 2.92. The van der Waals surface area contributed by atoms with Gasteiger partial charge in [-0.3, -0.25) is 4.79 Å². The van der Waals surface area contributed by atoms with E-state index >= 15 is 0 Å². The van der Waals surface area contributed by atoms with Gasteiger partial charge in [-0.25, -0.2) is 0 Å². The number of nitriles is 1. The van der Waals surface area contributed by atoms with Crippen LogP contribution < -0.4 is 19.5 Å². The molecule has 0 bridgehead atoms. The van der Waals surface area contributed by atoms with Gasteiger partial charge < -0.3 is 19.5 Å². The molecular weight excluding hydrogens is 368 g/mol. The number of amides is 1. The monoisotopic (exact) mass is 388 g/mol. The maximum Gasteiger partial charge on any atom is 0.266 e. The summed E-state index contributed by atoms with van der Waals surface area (Å²) in [4.78, 5) is 12.7. The van der Waals surface area contributed by atoms with Gasteiger partial charge in [-0.15, -0.1) is 0 Å². The Balaban J connectivity index is 2.02. The Labute approximate surface area is 168 Å². The number of hydrogen-bond acceptors (Lipinski definition) is 5. The van der Waals surface area contributed by atoms with E-state index in [1.54, 1.807) is 51.7 Å². The Morgan fingerprint density at radius 2 is 1.59 bits per heavy atom. The van der Waals surface area contributed by atoms with E-state index in [2.05, 4.69) is 5.32 Å². The second-order valence-electron chi connectivity index (χ2n) is 6.12. The van der Waals surface area contributed by atoms with Crippen LogP contribution in [-0.2, 0) is 4.79 Å². The minimum Gasteiger partial charge on any atom is -0.497 e. The molecule has 0 aromatic heterocycles. The summed E-state index contributed by atoms with van der Waals surface area (Å²) >= 11 is 0. The van der Waals surface area contributed by atoms with Gasteiger partial charge in [-0.1, -0.05) is 12.1 Å². The molecule has 0 fully saturated rings. The Kier molecular flexibility index (Phi) is 6.00.